The molecule has 0 N–H and O–H groups in total. The van der Waals surface area contributed by atoms with Crippen LogP contribution in [0.2, 0.25) is 0 Å². The van der Waals surface area contributed by atoms with Gasteiger partial charge in [0.15, 0.2) is 0 Å². The summed E-state index contributed by atoms with van der Waals surface area (Å²) < 4.78 is 2.50. The van der Waals surface area contributed by atoms with Crippen molar-refractivity contribution in [3.63, 3.8) is 0 Å². The van der Waals surface area contributed by atoms with Crippen molar-refractivity contribution in [2.24, 2.45) is 0 Å². The third-order valence-electron chi connectivity index (χ3n) is 10.6. The van der Waals surface area contributed by atoms with Crippen LogP contribution in [-0.2, 0) is 6.42 Å². The molecule has 3 aliphatic rings. The molecule has 0 bridgehead atoms. The Morgan fingerprint density at radius 1 is 0.562 bits per heavy atom. The fourth-order valence-electron chi connectivity index (χ4n) is 8.31. The van der Waals surface area contributed by atoms with Crippen LogP contribution < -0.4 is 4.90 Å². The van der Waals surface area contributed by atoms with Crippen LogP contribution in [0.15, 0.2) is 164 Å². The van der Waals surface area contributed by atoms with Crippen LogP contribution in [0.1, 0.15) is 29.0 Å². The number of allylic oxidation sites excluding steroid dienone is 3. The fraction of sp³-hybridized carbons (Fsp3) is 0.0870. The van der Waals surface area contributed by atoms with E-state index in [1.807, 2.05) is 0 Å². The minimum atomic E-state index is 0.210. The predicted octanol–water partition coefficient (Wildman–Crippen LogP) is 11.8. The topological polar surface area (TPSA) is 8.17 Å². The van der Waals surface area contributed by atoms with Gasteiger partial charge in [0, 0.05) is 39.3 Å². The van der Waals surface area contributed by atoms with E-state index in [-0.39, 0.29) is 12.0 Å². The molecule has 2 unspecified atom stereocenters. The second-order valence-electron chi connectivity index (χ2n) is 13.2. The zero-order valence-corrected chi connectivity index (χ0v) is 26.6. The molecule has 48 heavy (non-hydrogen) atoms. The molecule has 0 saturated heterocycles. The first-order valence-electron chi connectivity index (χ1n) is 17.1. The van der Waals surface area contributed by atoms with Gasteiger partial charge in [0.05, 0.1) is 17.1 Å². The van der Waals surface area contributed by atoms with Crippen LogP contribution >= 0.6 is 0 Å². The summed E-state index contributed by atoms with van der Waals surface area (Å²) in [5.74, 6) is 0.243. The van der Waals surface area contributed by atoms with Gasteiger partial charge in [-0.1, -0.05) is 127 Å². The van der Waals surface area contributed by atoms with Crippen LogP contribution in [-0.4, -0.2) is 10.6 Å². The average Bonchev–Trinajstić information content (AvgIpc) is 3.68. The van der Waals surface area contributed by atoms with E-state index in [0.717, 1.165) is 12.8 Å². The number of rotatable bonds is 4. The SMILES string of the molecule is C1=CC2c3c(ccc4c5ccccc5n(-c5ccc(-c6ccccc6)cc5)c34)N(c3ccc(-c4ccc5c(c4)C=CCC5)cc3)C2C=C1. The van der Waals surface area contributed by atoms with Crippen molar-refractivity contribution in [2.75, 3.05) is 4.90 Å². The summed E-state index contributed by atoms with van der Waals surface area (Å²) in [6, 6.07) is 49.6. The van der Waals surface area contributed by atoms with Gasteiger partial charge in [0.25, 0.3) is 0 Å². The summed E-state index contributed by atoms with van der Waals surface area (Å²) in [7, 11) is 0. The van der Waals surface area contributed by atoms with E-state index in [1.165, 1.54) is 77.8 Å². The van der Waals surface area contributed by atoms with E-state index >= 15 is 0 Å². The highest BCUT2D eigenvalue weighted by atomic mass is 15.2. The van der Waals surface area contributed by atoms with Crippen molar-refractivity contribution in [2.45, 2.75) is 24.8 Å². The Bertz CT molecular complexity index is 2440. The lowest BCUT2D eigenvalue weighted by Crippen LogP contribution is -2.28. The first kappa shape index (κ1) is 27.3. The molecule has 7 aromatic rings. The molecular weight excluding hydrogens is 581 g/mol. The highest BCUT2D eigenvalue weighted by molar-refractivity contribution is 6.12. The molecule has 0 spiro atoms. The first-order chi connectivity index (χ1) is 23.8. The predicted molar refractivity (Wildman–Crippen MR) is 202 cm³/mol. The molecule has 0 radical (unpaired) electrons. The van der Waals surface area contributed by atoms with Crippen molar-refractivity contribution in [1.82, 2.24) is 4.57 Å². The number of benzene rings is 6. The quantitative estimate of drug-likeness (QED) is 0.191. The molecule has 228 valence electrons. The number of hydrogen-bond donors (Lipinski definition) is 0. The molecule has 2 heterocycles. The Morgan fingerprint density at radius 2 is 1.27 bits per heavy atom. The third kappa shape index (κ3) is 4.19. The number of hydrogen-bond acceptors (Lipinski definition) is 1. The standard InChI is InChI=1S/C46H34N2/c1-2-10-31(11-3-1)33-20-26-38(27-21-33)48-42-16-8-6-14-39(42)40-28-29-44-45(46(40)48)41-15-7-9-17-43(41)47(44)37-24-22-34(23-25-37)36-19-18-32-12-4-5-13-35(32)30-36/h1-3,5-11,13-30,41,43H,4,12H2. The molecule has 10 rings (SSSR count). The van der Waals surface area contributed by atoms with E-state index in [2.05, 4.69) is 179 Å². The summed E-state index contributed by atoms with van der Waals surface area (Å²) in [6.07, 6.45) is 16.1. The number of anilines is 2. The van der Waals surface area contributed by atoms with Crippen LogP contribution in [0, 0.1) is 0 Å². The summed E-state index contributed by atoms with van der Waals surface area (Å²) in [4.78, 5) is 2.55. The van der Waals surface area contributed by atoms with Crippen molar-refractivity contribution < 1.29 is 0 Å². The van der Waals surface area contributed by atoms with Gasteiger partial charge in [-0.3, -0.25) is 0 Å². The van der Waals surface area contributed by atoms with E-state index in [9.17, 15) is 0 Å². The molecule has 1 aliphatic heterocycles. The van der Waals surface area contributed by atoms with Crippen molar-refractivity contribution in [3.8, 4) is 27.9 Å². The zero-order valence-electron chi connectivity index (χ0n) is 26.6. The van der Waals surface area contributed by atoms with E-state index in [0.29, 0.717) is 0 Å². The lowest BCUT2D eigenvalue weighted by molar-refractivity contribution is 0.746. The molecule has 1 aromatic heterocycles. The second kappa shape index (κ2) is 10.9. The smallest absolute Gasteiger partial charge is 0.0630 e. The molecule has 0 fully saturated rings. The molecule has 2 nitrogen and oxygen atoms in total. The monoisotopic (exact) mass is 614 g/mol. The Hall–Kier alpha value is -5.86. The molecule has 0 saturated carbocycles. The number of nitrogens with zero attached hydrogens (tertiary/aromatic N) is 2. The number of para-hydroxylation sites is 1. The molecular formula is C46H34N2. The largest absolute Gasteiger partial charge is 0.333 e. The summed E-state index contributed by atoms with van der Waals surface area (Å²) in [5.41, 5.74) is 15.4. The Labute approximate surface area is 281 Å². The van der Waals surface area contributed by atoms with E-state index in [1.54, 1.807) is 0 Å². The summed E-state index contributed by atoms with van der Waals surface area (Å²) in [5, 5.41) is 2.59. The zero-order chi connectivity index (χ0) is 31.6. The third-order valence-corrected chi connectivity index (χ3v) is 10.6. The van der Waals surface area contributed by atoms with E-state index in [4.69, 9.17) is 0 Å². The number of aryl methyl sites for hydroxylation is 1. The van der Waals surface area contributed by atoms with Crippen LogP contribution in [0.4, 0.5) is 11.4 Å². The number of aromatic nitrogens is 1. The van der Waals surface area contributed by atoms with Crippen molar-refractivity contribution >= 4 is 39.3 Å². The minimum Gasteiger partial charge on any atom is -0.333 e. The van der Waals surface area contributed by atoms with Gasteiger partial charge in [0.2, 0.25) is 0 Å². The Morgan fingerprint density at radius 3 is 2.12 bits per heavy atom. The first-order valence-corrected chi connectivity index (χ1v) is 17.1. The van der Waals surface area contributed by atoms with Crippen molar-refractivity contribution in [1.29, 1.82) is 0 Å². The molecule has 2 aliphatic carbocycles. The fourth-order valence-corrected chi connectivity index (χ4v) is 8.31. The second-order valence-corrected chi connectivity index (χ2v) is 13.2. The lowest BCUT2D eigenvalue weighted by Gasteiger charge is -2.28. The maximum Gasteiger partial charge on any atom is 0.0630 e. The average molecular weight is 615 g/mol. The highest BCUT2D eigenvalue weighted by Crippen LogP contribution is 2.52. The van der Waals surface area contributed by atoms with Crippen LogP contribution in [0.3, 0.4) is 0 Å². The van der Waals surface area contributed by atoms with Crippen LogP contribution in [0.25, 0.3) is 55.8 Å². The van der Waals surface area contributed by atoms with Gasteiger partial charge >= 0.3 is 0 Å². The van der Waals surface area contributed by atoms with E-state index < -0.39 is 0 Å². The van der Waals surface area contributed by atoms with Gasteiger partial charge in [-0.15, -0.1) is 0 Å². The maximum atomic E-state index is 2.55. The van der Waals surface area contributed by atoms with Gasteiger partial charge in [-0.25, -0.2) is 0 Å². The molecule has 6 aromatic carbocycles. The number of fused-ring (bicyclic) bond motifs is 8. The maximum absolute atomic E-state index is 2.55. The lowest BCUT2D eigenvalue weighted by atomic mass is 9.90. The van der Waals surface area contributed by atoms with Crippen molar-refractivity contribution in [3.05, 3.63) is 181 Å². The van der Waals surface area contributed by atoms with Gasteiger partial charge in [-0.2, -0.15) is 0 Å². The van der Waals surface area contributed by atoms with Gasteiger partial charge in [0.1, 0.15) is 0 Å². The van der Waals surface area contributed by atoms with Crippen LogP contribution in [0.5, 0.6) is 0 Å². The Balaban J connectivity index is 1.12. The minimum absolute atomic E-state index is 0.210. The highest BCUT2D eigenvalue weighted by Gasteiger charge is 2.40. The summed E-state index contributed by atoms with van der Waals surface area (Å²) >= 11 is 0. The Kier molecular flexibility index (Phi) is 6.17. The molecule has 2 atom stereocenters. The normalized spacial score (nSPS) is 17.5. The molecule has 2 heteroatoms. The van der Waals surface area contributed by atoms with Gasteiger partial charge in [-0.05, 0) is 88.7 Å². The van der Waals surface area contributed by atoms with Gasteiger partial charge < -0.3 is 9.47 Å². The molecule has 0 amide bonds. The summed E-state index contributed by atoms with van der Waals surface area (Å²) in [6.45, 7) is 0.